The maximum atomic E-state index is 12.4. The predicted molar refractivity (Wildman–Crippen MR) is 109 cm³/mol. The molecule has 2 amide bonds. The van der Waals surface area contributed by atoms with Gasteiger partial charge >= 0.3 is 6.03 Å². The van der Waals surface area contributed by atoms with Crippen LogP contribution in [0.3, 0.4) is 0 Å². The fourth-order valence-electron chi connectivity index (χ4n) is 2.69. The average Bonchev–Trinajstić information content (AvgIpc) is 3.24. The van der Waals surface area contributed by atoms with Crippen molar-refractivity contribution in [3.05, 3.63) is 65.3 Å². The Bertz CT molecular complexity index is 1090. The Hall–Kier alpha value is -3.03. The standard InChI is InChI=1S/C19H15ClN4O2S/c1-26-17-6-5-13(20)10-15(17)22-18(25)21-14-4-2-3-12(9-14)16-11-24-7-8-27-19(24)23-16/h2-11H,1H3,(H2,21,22,25). The summed E-state index contributed by atoms with van der Waals surface area (Å²) in [5.74, 6) is 0.529. The number of hydrogen-bond donors (Lipinski definition) is 2. The number of carbonyl (C=O) groups is 1. The highest BCUT2D eigenvalue weighted by Crippen LogP contribution is 2.28. The van der Waals surface area contributed by atoms with Crippen LogP contribution in [0.15, 0.2) is 60.2 Å². The number of anilines is 2. The molecule has 2 aromatic heterocycles. The van der Waals surface area contributed by atoms with Crippen molar-refractivity contribution in [3.63, 3.8) is 0 Å². The van der Waals surface area contributed by atoms with Crippen LogP contribution >= 0.6 is 22.9 Å². The Balaban J connectivity index is 1.52. The normalized spacial score (nSPS) is 10.7. The van der Waals surface area contributed by atoms with Crippen molar-refractivity contribution in [2.45, 2.75) is 0 Å². The highest BCUT2D eigenvalue weighted by Gasteiger charge is 2.10. The molecule has 0 fully saturated rings. The molecule has 27 heavy (non-hydrogen) atoms. The van der Waals surface area contributed by atoms with Crippen molar-refractivity contribution in [1.29, 1.82) is 0 Å². The first kappa shape index (κ1) is 17.4. The van der Waals surface area contributed by atoms with Gasteiger partial charge in [0.05, 0.1) is 18.5 Å². The Morgan fingerprint density at radius 2 is 2.11 bits per heavy atom. The molecule has 0 aliphatic carbocycles. The van der Waals surface area contributed by atoms with Crippen molar-refractivity contribution >= 4 is 45.3 Å². The van der Waals surface area contributed by atoms with E-state index in [1.165, 1.54) is 7.11 Å². The molecule has 0 radical (unpaired) electrons. The molecule has 0 bridgehead atoms. The first-order valence-electron chi connectivity index (χ1n) is 8.06. The Labute approximate surface area is 164 Å². The Kier molecular flexibility index (Phi) is 4.70. The van der Waals surface area contributed by atoms with E-state index in [9.17, 15) is 4.79 Å². The van der Waals surface area contributed by atoms with Crippen LogP contribution in [0.1, 0.15) is 0 Å². The number of rotatable bonds is 4. The summed E-state index contributed by atoms with van der Waals surface area (Å²) in [6.45, 7) is 0. The third-order valence-electron chi connectivity index (χ3n) is 3.92. The molecule has 0 atom stereocenters. The molecule has 0 saturated carbocycles. The molecule has 2 heterocycles. The van der Waals surface area contributed by atoms with Crippen LogP contribution in [-0.2, 0) is 0 Å². The highest BCUT2D eigenvalue weighted by molar-refractivity contribution is 7.15. The van der Waals surface area contributed by atoms with E-state index in [0.717, 1.165) is 16.2 Å². The topological polar surface area (TPSA) is 67.7 Å². The number of benzene rings is 2. The number of amides is 2. The molecule has 0 aliphatic heterocycles. The van der Waals surface area contributed by atoms with Gasteiger partial charge in [-0.15, -0.1) is 11.3 Å². The number of thiazole rings is 1. The number of nitrogens with one attached hydrogen (secondary N) is 2. The second-order valence-corrected chi connectivity index (χ2v) is 7.03. The summed E-state index contributed by atoms with van der Waals surface area (Å²) in [5, 5.41) is 8.06. The monoisotopic (exact) mass is 398 g/mol. The number of nitrogens with zero attached hydrogens (tertiary/aromatic N) is 2. The lowest BCUT2D eigenvalue weighted by molar-refractivity contribution is 0.262. The van der Waals surface area contributed by atoms with Gasteiger partial charge < -0.3 is 15.4 Å². The number of imidazole rings is 1. The minimum Gasteiger partial charge on any atom is -0.495 e. The lowest BCUT2D eigenvalue weighted by Gasteiger charge is -2.12. The summed E-state index contributed by atoms with van der Waals surface area (Å²) < 4.78 is 7.21. The molecular formula is C19H15ClN4O2S. The fraction of sp³-hybridized carbons (Fsp3) is 0.0526. The second-order valence-electron chi connectivity index (χ2n) is 5.72. The van der Waals surface area contributed by atoms with E-state index in [4.69, 9.17) is 16.3 Å². The minimum absolute atomic E-state index is 0.390. The van der Waals surface area contributed by atoms with Crippen molar-refractivity contribution in [1.82, 2.24) is 9.38 Å². The molecule has 136 valence electrons. The summed E-state index contributed by atoms with van der Waals surface area (Å²) in [5.41, 5.74) is 2.92. The minimum atomic E-state index is -0.390. The fourth-order valence-corrected chi connectivity index (χ4v) is 3.56. The summed E-state index contributed by atoms with van der Waals surface area (Å²) in [6.07, 6.45) is 3.92. The second kappa shape index (κ2) is 7.30. The van der Waals surface area contributed by atoms with Gasteiger partial charge in [-0.05, 0) is 30.3 Å². The van der Waals surface area contributed by atoms with Crippen molar-refractivity contribution in [2.75, 3.05) is 17.7 Å². The number of fused-ring (bicyclic) bond motifs is 1. The summed E-state index contributed by atoms with van der Waals surface area (Å²) in [6, 6.07) is 12.2. The zero-order valence-corrected chi connectivity index (χ0v) is 15.8. The zero-order chi connectivity index (χ0) is 18.8. The summed E-state index contributed by atoms with van der Waals surface area (Å²) in [7, 11) is 1.53. The number of urea groups is 1. The van der Waals surface area contributed by atoms with Gasteiger partial charge in [0.15, 0.2) is 4.96 Å². The lowest BCUT2D eigenvalue weighted by Crippen LogP contribution is -2.19. The van der Waals surface area contributed by atoms with Crippen LogP contribution < -0.4 is 15.4 Å². The zero-order valence-electron chi connectivity index (χ0n) is 14.3. The number of hydrogen-bond acceptors (Lipinski definition) is 4. The molecule has 6 nitrogen and oxygen atoms in total. The molecule has 2 N–H and O–H groups in total. The molecule has 0 saturated heterocycles. The van der Waals surface area contributed by atoms with Gasteiger partial charge in [0, 0.05) is 34.0 Å². The van der Waals surface area contributed by atoms with Crippen LogP contribution in [-0.4, -0.2) is 22.5 Å². The van der Waals surface area contributed by atoms with E-state index in [1.54, 1.807) is 29.5 Å². The van der Waals surface area contributed by atoms with Crippen molar-refractivity contribution in [3.8, 4) is 17.0 Å². The van der Waals surface area contributed by atoms with Crippen LogP contribution in [0.5, 0.6) is 5.75 Å². The first-order valence-corrected chi connectivity index (χ1v) is 9.32. The maximum absolute atomic E-state index is 12.4. The maximum Gasteiger partial charge on any atom is 0.323 e. The predicted octanol–water partition coefficient (Wildman–Crippen LogP) is 5.37. The van der Waals surface area contributed by atoms with Crippen LogP contribution in [0.25, 0.3) is 16.2 Å². The van der Waals surface area contributed by atoms with Gasteiger partial charge in [-0.25, -0.2) is 9.78 Å². The van der Waals surface area contributed by atoms with E-state index in [-0.39, 0.29) is 0 Å². The quantitative estimate of drug-likeness (QED) is 0.485. The number of halogens is 1. The van der Waals surface area contributed by atoms with Gasteiger partial charge in [0.1, 0.15) is 5.75 Å². The van der Waals surface area contributed by atoms with E-state index in [1.807, 2.05) is 46.4 Å². The highest BCUT2D eigenvalue weighted by atomic mass is 35.5. The van der Waals surface area contributed by atoms with E-state index >= 15 is 0 Å². The molecule has 0 aliphatic rings. The molecular weight excluding hydrogens is 384 g/mol. The number of ether oxygens (including phenoxy) is 1. The van der Waals surface area contributed by atoms with E-state index in [0.29, 0.717) is 22.1 Å². The third kappa shape index (κ3) is 3.74. The van der Waals surface area contributed by atoms with Gasteiger partial charge in [-0.1, -0.05) is 23.7 Å². The SMILES string of the molecule is COc1ccc(Cl)cc1NC(=O)Nc1cccc(-c2cn3ccsc3n2)c1. The average molecular weight is 399 g/mol. The van der Waals surface area contributed by atoms with Crippen LogP contribution in [0.4, 0.5) is 16.2 Å². The van der Waals surface area contributed by atoms with E-state index in [2.05, 4.69) is 15.6 Å². The largest absolute Gasteiger partial charge is 0.495 e. The smallest absolute Gasteiger partial charge is 0.323 e. The molecule has 4 rings (SSSR count). The van der Waals surface area contributed by atoms with Crippen molar-refractivity contribution in [2.24, 2.45) is 0 Å². The molecule has 4 aromatic rings. The van der Waals surface area contributed by atoms with Gasteiger partial charge in [-0.2, -0.15) is 0 Å². The third-order valence-corrected chi connectivity index (χ3v) is 4.93. The number of methoxy groups -OCH3 is 1. The molecule has 8 heteroatoms. The lowest BCUT2D eigenvalue weighted by atomic mass is 10.1. The Morgan fingerprint density at radius 3 is 2.93 bits per heavy atom. The van der Waals surface area contributed by atoms with Gasteiger partial charge in [0.2, 0.25) is 0 Å². The Morgan fingerprint density at radius 1 is 1.22 bits per heavy atom. The van der Waals surface area contributed by atoms with Crippen LogP contribution in [0.2, 0.25) is 5.02 Å². The van der Waals surface area contributed by atoms with Crippen LogP contribution in [0, 0.1) is 0 Å². The van der Waals surface area contributed by atoms with Gasteiger partial charge in [0.25, 0.3) is 0 Å². The molecule has 0 unspecified atom stereocenters. The first-order chi connectivity index (χ1) is 13.1. The molecule has 2 aromatic carbocycles. The van der Waals surface area contributed by atoms with Crippen molar-refractivity contribution < 1.29 is 9.53 Å². The number of carbonyl (C=O) groups excluding carboxylic acids is 1. The molecule has 0 spiro atoms. The summed E-state index contributed by atoms with van der Waals surface area (Å²) in [4.78, 5) is 17.9. The van der Waals surface area contributed by atoms with Gasteiger partial charge in [-0.3, -0.25) is 4.40 Å². The number of aromatic nitrogens is 2. The van der Waals surface area contributed by atoms with E-state index < -0.39 is 6.03 Å². The summed E-state index contributed by atoms with van der Waals surface area (Å²) >= 11 is 7.57.